The topological polar surface area (TPSA) is 13.1 Å². The number of aromatic nitrogens is 1. The highest BCUT2D eigenvalue weighted by Crippen LogP contribution is 2.01. The molecule has 0 aliphatic heterocycles. The number of hydrogen-bond acceptors (Lipinski definition) is 1. The number of pyridine rings is 1. The van der Waals surface area contributed by atoms with E-state index in [-0.39, 0.29) is 0 Å². The molecule has 0 radical (unpaired) electrons. The molecule has 1 rings (SSSR count). The minimum atomic E-state index is 0.889. The van der Waals surface area contributed by atoms with Gasteiger partial charge in [-0.25, -0.2) is 4.57 Å². The lowest BCUT2D eigenvalue weighted by atomic mass is 10.4. The largest absolute Gasteiger partial charge is 0.491 e. The number of hydrogen-bond donors (Lipinski definition) is 0. The number of nitrogens with zero attached hydrogens (tertiary/aromatic N) is 1. The van der Waals surface area contributed by atoms with Gasteiger partial charge < -0.3 is 4.74 Å². The van der Waals surface area contributed by atoms with Crippen LogP contribution in [0.2, 0.25) is 0 Å². The Morgan fingerprint density at radius 1 is 1.56 bits per heavy atom. The molecule has 0 saturated carbocycles. The molecule has 0 aromatic carbocycles. The zero-order valence-corrected chi connectivity index (χ0v) is 5.66. The van der Waals surface area contributed by atoms with Crippen LogP contribution in [-0.2, 0) is 7.05 Å². The molecule has 0 atom stereocenters. The predicted molar refractivity (Wildman–Crippen MR) is 34.2 cm³/mol. The van der Waals surface area contributed by atoms with Crippen LogP contribution in [0.5, 0.6) is 5.75 Å². The molecule has 9 heavy (non-hydrogen) atoms. The number of methoxy groups -OCH3 is 1. The molecule has 0 saturated heterocycles. The van der Waals surface area contributed by atoms with Crippen molar-refractivity contribution >= 4 is 0 Å². The van der Waals surface area contributed by atoms with Crippen molar-refractivity contribution in [3.05, 3.63) is 24.5 Å². The Hall–Kier alpha value is -1.05. The third-order valence-corrected chi connectivity index (χ3v) is 1.15. The van der Waals surface area contributed by atoms with Gasteiger partial charge in [0.15, 0.2) is 11.9 Å². The molecule has 2 heteroatoms. The van der Waals surface area contributed by atoms with E-state index in [4.69, 9.17) is 4.74 Å². The summed E-state index contributed by atoms with van der Waals surface area (Å²) in [6, 6.07) is 3.86. The smallest absolute Gasteiger partial charge is 0.210 e. The Kier molecular flexibility index (Phi) is 1.68. The summed E-state index contributed by atoms with van der Waals surface area (Å²) in [5, 5.41) is 0. The van der Waals surface area contributed by atoms with Gasteiger partial charge in [-0.2, -0.15) is 0 Å². The van der Waals surface area contributed by atoms with Gasteiger partial charge in [-0.1, -0.05) is 0 Å². The first-order valence-electron chi connectivity index (χ1n) is 2.82. The van der Waals surface area contributed by atoms with Crippen LogP contribution in [0.25, 0.3) is 0 Å². The Morgan fingerprint density at radius 3 is 2.78 bits per heavy atom. The average Bonchev–Trinajstić information content (AvgIpc) is 1.88. The number of ether oxygens (including phenoxy) is 1. The molecule has 0 aliphatic carbocycles. The predicted octanol–water partition coefficient (Wildman–Crippen LogP) is 0.520. The summed E-state index contributed by atoms with van der Waals surface area (Å²) >= 11 is 0. The van der Waals surface area contributed by atoms with Gasteiger partial charge in [-0.15, -0.1) is 0 Å². The summed E-state index contributed by atoms with van der Waals surface area (Å²) in [4.78, 5) is 0. The second-order valence-electron chi connectivity index (χ2n) is 1.91. The van der Waals surface area contributed by atoms with Crippen molar-refractivity contribution in [2.75, 3.05) is 7.11 Å². The quantitative estimate of drug-likeness (QED) is 0.497. The third kappa shape index (κ3) is 1.42. The highest BCUT2D eigenvalue weighted by Gasteiger charge is 1.93. The van der Waals surface area contributed by atoms with Gasteiger partial charge in [0.2, 0.25) is 6.20 Å². The summed E-state index contributed by atoms with van der Waals surface area (Å²) in [5.41, 5.74) is 0. The number of aryl methyl sites for hydroxylation is 1. The average molecular weight is 124 g/mol. The van der Waals surface area contributed by atoms with Crippen molar-refractivity contribution in [1.82, 2.24) is 0 Å². The molecule has 0 aliphatic rings. The van der Waals surface area contributed by atoms with E-state index in [9.17, 15) is 0 Å². The highest BCUT2D eigenvalue weighted by atomic mass is 16.5. The molecule has 1 aromatic rings. The first kappa shape index (κ1) is 6.08. The van der Waals surface area contributed by atoms with E-state index in [0.29, 0.717) is 0 Å². The Bertz CT molecular complexity index is 198. The van der Waals surface area contributed by atoms with Crippen molar-refractivity contribution in [3.8, 4) is 5.75 Å². The molecular weight excluding hydrogens is 114 g/mol. The lowest BCUT2D eigenvalue weighted by Gasteiger charge is -1.93. The maximum absolute atomic E-state index is 4.97. The van der Waals surface area contributed by atoms with Gasteiger partial charge in [0.1, 0.15) is 7.05 Å². The first-order valence-corrected chi connectivity index (χ1v) is 2.82. The molecule has 0 spiro atoms. The van der Waals surface area contributed by atoms with E-state index >= 15 is 0 Å². The zero-order valence-electron chi connectivity index (χ0n) is 5.66. The zero-order chi connectivity index (χ0) is 6.69. The summed E-state index contributed by atoms with van der Waals surface area (Å²) in [6.45, 7) is 0. The summed E-state index contributed by atoms with van der Waals surface area (Å²) in [5.74, 6) is 0.889. The molecular formula is C7H10NO+. The Labute approximate surface area is 54.7 Å². The molecule has 1 heterocycles. The van der Waals surface area contributed by atoms with Gasteiger partial charge in [0, 0.05) is 6.07 Å². The van der Waals surface area contributed by atoms with Gasteiger partial charge in [0.05, 0.1) is 7.11 Å². The van der Waals surface area contributed by atoms with Crippen LogP contribution in [0.4, 0.5) is 0 Å². The van der Waals surface area contributed by atoms with E-state index < -0.39 is 0 Å². The van der Waals surface area contributed by atoms with Crippen LogP contribution in [0.1, 0.15) is 0 Å². The molecule has 48 valence electrons. The maximum atomic E-state index is 4.97. The van der Waals surface area contributed by atoms with Crippen molar-refractivity contribution < 1.29 is 9.30 Å². The van der Waals surface area contributed by atoms with Gasteiger partial charge in [0.25, 0.3) is 0 Å². The molecule has 0 amide bonds. The van der Waals surface area contributed by atoms with E-state index in [1.165, 1.54) is 0 Å². The molecule has 0 unspecified atom stereocenters. The standard InChI is InChI=1S/C7H10NO/c1-8-5-3-4-7(6-8)9-2/h3-6H,1-2H3/q+1. The fourth-order valence-corrected chi connectivity index (χ4v) is 0.681. The Morgan fingerprint density at radius 2 is 2.33 bits per heavy atom. The van der Waals surface area contributed by atoms with E-state index in [2.05, 4.69) is 0 Å². The summed E-state index contributed by atoms with van der Waals surface area (Å²) in [7, 11) is 3.62. The van der Waals surface area contributed by atoms with Crippen LogP contribution >= 0.6 is 0 Å². The number of rotatable bonds is 1. The fourth-order valence-electron chi connectivity index (χ4n) is 0.681. The van der Waals surface area contributed by atoms with Gasteiger partial charge in [-0.3, -0.25) is 0 Å². The fraction of sp³-hybridized carbons (Fsp3) is 0.286. The van der Waals surface area contributed by atoms with E-state index in [1.54, 1.807) is 7.11 Å². The van der Waals surface area contributed by atoms with E-state index in [0.717, 1.165) is 5.75 Å². The van der Waals surface area contributed by atoms with Crippen LogP contribution in [0.3, 0.4) is 0 Å². The molecule has 0 N–H and O–H groups in total. The minimum Gasteiger partial charge on any atom is -0.491 e. The molecule has 0 bridgehead atoms. The van der Waals surface area contributed by atoms with Crippen molar-refractivity contribution in [2.45, 2.75) is 0 Å². The van der Waals surface area contributed by atoms with Gasteiger partial charge in [-0.05, 0) is 6.07 Å². The second kappa shape index (κ2) is 2.49. The normalized spacial score (nSPS) is 9.11. The SMILES string of the molecule is COc1ccc[n+](C)c1. The van der Waals surface area contributed by atoms with Crippen LogP contribution in [0, 0.1) is 0 Å². The lowest BCUT2D eigenvalue weighted by Crippen LogP contribution is -2.25. The van der Waals surface area contributed by atoms with Crippen LogP contribution in [-0.4, -0.2) is 7.11 Å². The monoisotopic (exact) mass is 124 g/mol. The van der Waals surface area contributed by atoms with Crippen LogP contribution in [0.15, 0.2) is 24.5 Å². The van der Waals surface area contributed by atoms with E-state index in [1.807, 2.05) is 36.1 Å². The summed E-state index contributed by atoms with van der Waals surface area (Å²) in [6.07, 6.45) is 3.88. The van der Waals surface area contributed by atoms with Crippen LogP contribution < -0.4 is 9.30 Å². The van der Waals surface area contributed by atoms with Crippen molar-refractivity contribution in [1.29, 1.82) is 0 Å². The maximum Gasteiger partial charge on any atom is 0.210 e. The summed E-state index contributed by atoms with van der Waals surface area (Å²) < 4.78 is 6.92. The first-order chi connectivity index (χ1) is 4.33. The third-order valence-electron chi connectivity index (χ3n) is 1.15. The molecule has 0 fully saturated rings. The van der Waals surface area contributed by atoms with Gasteiger partial charge >= 0.3 is 0 Å². The molecule has 1 aromatic heterocycles. The van der Waals surface area contributed by atoms with Crippen molar-refractivity contribution in [2.24, 2.45) is 7.05 Å². The minimum absolute atomic E-state index is 0.889. The second-order valence-corrected chi connectivity index (χ2v) is 1.91. The van der Waals surface area contributed by atoms with Crippen molar-refractivity contribution in [3.63, 3.8) is 0 Å². The lowest BCUT2D eigenvalue weighted by molar-refractivity contribution is -0.671. The molecule has 2 nitrogen and oxygen atoms in total. The highest BCUT2D eigenvalue weighted by molar-refractivity contribution is 5.11. The Balaban J connectivity index is 2.94.